The van der Waals surface area contributed by atoms with Crippen LogP contribution in [0.25, 0.3) is 0 Å². The predicted octanol–water partition coefficient (Wildman–Crippen LogP) is 1.16. The van der Waals surface area contributed by atoms with E-state index >= 15 is 0 Å². The number of hydrogen-bond acceptors (Lipinski definition) is 3. The Labute approximate surface area is 108 Å². The Hall–Kier alpha value is -1.36. The lowest BCUT2D eigenvalue weighted by atomic mass is 10.2. The van der Waals surface area contributed by atoms with Crippen molar-refractivity contribution in [2.45, 2.75) is 45.7 Å². The van der Waals surface area contributed by atoms with E-state index in [1.165, 1.54) is 0 Å². The molecule has 1 amide bonds. The normalized spacial score (nSPS) is 14.8. The predicted molar refractivity (Wildman–Crippen MR) is 70.4 cm³/mol. The van der Waals surface area contributed by atoms with E-state index in [9.17, 15) is 4.79 Å². The van der Waals surface area contributed by atoms with E-state index in [0.29, 0.717) is 12.6 Å². The van der Waals surface area contributed by atoms with E-state index in [0.717, 1.165) is 43.6 Å². The lowest BCUT2D eigenvalue weighted by molar-refractivity contribution is 0.0751. The number of hydrogen-bond donors (Lipinski definition) is 1. The second-order valence-corrected chi connectivity index (χ2v) is 4.83. The fourth-order valence-electron chi connectivity index (χ4n) is 2.23. The summed E-state index contributed by atoms with van der Waals surface area (Å²) in [5, 5.41) is 4.28. The molecule has 18 heavy (non-hydrogen) atoms. The van der Waals surface area contributed by atoms with Gasteiger partial charge in [0.25, 0.3) is 5.91 Å². The largest absolute Gasteiger partial charge is 0.336 e. The summed E-state index contributed by atoms with van der Waals surface area (Å²) in [7, 11) is 0. The number of amides is 1. The highest BCUT2D eigenvalue weighted by atomic mass is 16.2. The number of aromatic nitrogens is 2. The second kappa shape index (κ2) is 5.52. The maximum Gasteiger partial charge on any atom is 0.257 e. The maximum atomic E-state index is 12.4. The molecular formula is C13H22N4O. The van der Waals surface area contributed by atoms with Crippen molar-refractivity contribution in [3.63, 3.8) is 0 Å². The molecule has 100 valence electrons. The Bertz CT molecular complexity index is 423. The molecule has 0 unspecified atom stereocenters. The summed E-state index contributed by atoms with van der Waals surface area (Å²) in [6.07, 6.45) is 4.86. The van der Waals surface area contributed by atoms with E-state index in [2.05, 4.69) is 5.10 Å². The molecule has 0 radical (unpaired) electrons. The monoisotopic (exact) mass is 250 g/mol. The molecule has 5 heteroatoms. The third kappa shape index (κ3) is 2.56. The van der Waals surface area contributed by atoms with Crippen molar-refractivity contribution in [2.75, 3.05) is 13.1 Å². The first-order valence-electron chi connectivity index (χ1n) is 6.72. The summed E-state index contributed by atoms with van der Waals surface area (Å²) in [4.78, 5) is 14.4. The Kier molecular flexibility index (Phi) is 4.01. The van der Waals surface area contributed by atoms with E-state index in [1.807, 2.05) is 23.4 Å². The molecule has 1 aromatic rings. The summed E-state index contributed by atoms with van der Waals surface area (Å²) >= 11 is 0. The zero-order chi connectivity index (χ0) is 13.1. The molecule has 0 saturated heterocycles. The molecule has 0 spiro atoms. The molecule has 1 fully saturated rings. The van der Waals surface area contributed by atoms with Crippen LogP contribution < -0.4 is 5.73 Å². The van der Waals surface area contributed by atoms with Crippen molar-refractivity contribution in [1.29, 1.82) is 0 Å². The van der Waals surface area contributed by atoms with Gasteiger partial charge in [0, 0.05) is 24.8 Å². The number of carbonyl (C=O) groups is 1. The van der Waals surface area contributed by atoms with Gasteiger partial charge >= 0.3 is 0 Å². The van der Waals surface area contributed by atoms with Crippen LogP contribution in [-0.4, -0.2) is 39.7 Å². The molecule has 1 aliphatic rings. The van der Waals surface area contributed by atoms with Crippen LogP contribution in [0.15, 0.2) is 6.20 Å². The Morgan fingerprint density at radius 1 is 1.61 bits per heavy atom. The fourth-order valence-corrected chi connectivity index (χ4v) is 2.23. The summed E-state index contributed by atoms with van der Waals surface area (Å²) in [6.45, 7) is 6.19. The van der Waals surface area contributed by atoms with Crippen molar-refractivity contribution in [3.05, 3.63) is 17.5 Å². The minimum Gasteiger partial charge on any atom is -0.336 e. The average Bonchev–Trinajstić information content (AvgIpc) is 3.12. The van der Waals surface area contributed by atoms with Gasteiger partial charge in [0.2, 0.25) is 0 Å². The van der Waals surface area contributed by atoms with Gasteiger partial charge in [-0.15, -0.1) is 0 Å². The second-order valence-electron chi connectivity index (χ2n) is 4.83. The van der Waals surface area contributed by atoms with Crippen LogP contribution in [0.1, 0.15) is 42.2 Å². The quantitative estimate of drug-likeness (QED) is 0.824. The number of nitrogens with two attached hydrogens (primary N) is 1. The Balaban J connectivity index is 2.12. The maximum absolute atomic E-state index is 12.4. The Morgan fingerprint density at radius 2 is 2.33 bits per heavy atom. The molecule has 1 saturated carbocycles. The summed E-state index contributed by atoms with van der Waals surface area (Å²) in [5.74, 6) is 0.122. The van der Waals surface area contributed by atoms with Crippen molar-refractivity contribution in [3.8, 4) is 0 Å². The van der Waals surface area contributed by atoms with Crippen LogP contribution in [0.3, 0.4) is 0 Å². The van der Waals surface area contributed by atoms with E-state index in [-0.39, 0.29) is 5.91 Å². The molecule has 1 aliphatic carbocycles. The number of rotatable bonds is 6. The molecule has 2 rings (SSSR count). The van der Waals surface area contributed by atoms with E-state index in [1.54, 1.807) is 6.20 Å². The van der Waals surface area contributed by atoms with Crippen molar-refractivity contribution in [1.82, 2.24) is 14.7 Å². The summed E-state index contributed by atoms with van der Waals surface area (Å²) < 4.78 is 1.88. The molecule has 5 nitrogen and oxygen atoms in total. The lowest BCUT2D eigenvalue weighted by Crippen LogP contribution is -2.33. The molecule has 0 bridgehead atoms. The standard InChI is InChI=1S/C13H22N4O/c1-3-16(11-5-6-11)13(18)12-9-15-17(10(12)2)8-4-7-14/h9,11H,3-8,14H2,1-2H3. The van der Waals surface area contributed by atoms with Crippen molar-refractivity contribution in [2.24, 2.45) is 5.73 Å². The van der Waals surface area contributed by atoms with Gasteiger partial charge in [-0.3, -0.25) is 9.48 Å². The van der Waals surface area contributed by atoms with Gasteiger partial charge in [0.1, 0.15) is 0 Å². The molecule has 0 aliphatic heterocycles. The highest BCUT2D eigenvalue weighted by Crippen LogP contribution is 2.28. The summed E-state index contributed by atoms with van der Waals surface area (Å²) in [6, 6.07) is 0.453. The average molecular weight is 250 g/mol. The Morgan fingerprint density at radius 3 is 2.89 bits per heavy atom. The first kappa shape index (κ1) is 13.1. The van der Waals surface area contributed by atoms with E-state index < -0.39 is 0 Å². The van der Waals surface area contributed by atoms with Crippen LogP contribution in [-0.2, 0) is 6.54 Å². The molecule has 1 heterocycles. The van der Waals surface area contributed by atoms with Gasteiger partial charge in [-0.2, -0.15) is 5.10 Å². The number of carbonyl (C=O) groups excluding carboxylic acids is 1. The third-order valence-corrected chi connectivity index (χ3v) is 3.50. The van der Waals surface area contributed by atoms with Gasteiger partial charge in [-0.05, 0) is 39.7 Å². The molecule has 1 aromatic heterocycles. The third-order valence-electron chi connectivity index (χ3n) is 3.50. The van der Waals surface area contributed by atoms with Crippen LogP contribution >= 0.6 is 0 Å². The topological polar surface area (TPSA) is 64.2 Å². The van der Waals surface area contributed by atoms with Crippen LogP contribution in [0, 0.1) is 6.92 Å². The first-order chi connectivity index (χ1) is 8.69. The minimum absolute atomic E-state index is 0.122. The van der Waals surface area contributed by atoms with Gasteiger partial charge in [0.05, 0.1) is 11.8 Å². The van der Waals surface area contributed by atoms with Gasteiger partial charge in [-0.25, -0.2) is 0 Å². The van der Waals surface area contributed by atoms with Crippen LogP contribution in [0.4, 0.5) is 0 Å². The SMILES string of the molecule is CCN(C(=O)c1cnn(CCCN)c1C)C1CC1. The highest BCUT2D eigenvalue weighted by molar-refractivity contribution is 5.95. The first-order valence-corrected chi connectivity index (χ1v) is 6.72. The van der Waals surface area contributed by atoms with E-state index in [4.69, 9.17) is 5.73 Å². The van der Waals surface area contributed by atoms with Crippen LogP contribution in [0.2, 0.25) is 0 Å². The molecule has 0 aromatic carbocycles. The highest BCUT2D eigenvalue weighted by Gasteiger charge is 2.33. The molecule has 0 atom stereocenters. The van der Waals surface area contributed by atoms with Gasteiger partial charge < -0.3 is 10.6 Å². The lowest BCUT2D eigenvalue weighted by Gasteiger charge is -2.20. The number of aryl methyl sites for hydroxylation is 1. The van der Waals surface area contributed by atoms with Crippen LogP contribution in [0.5, 0.6) is 0 Å². The zero-order valence-electron chi connectivity index (χ0n) is 11.2. The van der Waals surface area contributed by atoms with Gasteiger partial charge in [0.15, 0.2) is 0 Å². The minimum atomic E-state index is 0.122. The zero-order valence-corrected chi connectivity index (χ0v) is 11.2. The van der Waals surface area contributed by atoms with Gasteiger partial charge in [-0.1, -0.05) is 0 Å². The smallest absolute Gasteiger partial charge is 0.257 e. The van der Waals surface area contributed by atoms with Crippen molar-refractivity contribution >= 4 is 5.91 Å². The van der Waals surface area contributed by atoms with Crippen molar-refractivity contribution < 1.29 is 4.79 Å². The number of nitrogens with zero attached hydrogens (tertiary/aromatic N) is 3. The molecule has 2 N–H and O–H groups in total. The molecular weight excluding hydrogens is 228 g/mol. The summed E-state index contributed by atoms with van der Waals surface area (Å²) in [5.41, 5.74) is 7.18. The fraction of sp³-hybridized carbons (Fsp3) is 0.692.